The van der Waals surface area contributed by atoms with E-state index in [1.807, 2.05) is 18.4 Å². The van der Waals surface area contributed by atoms with Crippen molar-refractivity contribution in [2.24, 2.45) is 5.84 Å². The SMILES string of the molecule is Cc1cccc(C(=O)N[C@H](C)C(=O)NN)c1. The molecule has 4 N–H and O–H groups in total. The number of aryl methyl sites for hydroxylation is 1. The highest BCUT2D eigenvalue weighted by Gasteiger charge is 2.15. The predicted octanol–water partition coefficient (Wildman–Crippen LogP) is 0.103. The van der Waals surface area contributed by atoms with Crippen LogP contribution in [-0.4, -0.2) is 17.9 Å². The number of carbonyl (C=O) groups is 2. The molecule has 0 bridgehead atoms. The van der Waals surface area contributed by atoms with Gasteiger partial charge in [-0.15, -0.1) is 0 Å². The van der Waals surface area contributed by atoms with E-state index < -0.39 is 11.9 Å². The van der Waals surface area contributed by atoms with E-state index in [2.05, 4.69) is 5.32 Å². The Labute approximate surface area is 94.0 Å². The van der Waals surface area contributed by atoms with Gasteiger partial charge < -0.3 is 5.32 Å². The zero-order chi connectivity index (χ0) is 12.1. The Morgan fingerprint density at radius 1 is 1.38 bits per heavy atom. The van der Waals surface area contributed by atoms with Crippen LogP contribution in [0.5, 0.6) is 0 Å². The molecular formula is C11H15N3O2. The molecule has 1 rings (SSSR count). The summed E-state index contributed by atoms with van der Waals surface area (Å²) in [5.41, 5.74) is 3.49. The number of hydrogen-bond donors (Lipinski definition) is 3. The zero-order valence-corrected chi connectivity index (χ0v) is 9.28. The van der Waals surface area contributed by atoms with Gasteiger partial charge in [-0.25, -0.2) is 5.84 Å². The van der Waals surface area contributed by atoms with E-state index in [9.17, 15) is 9.59 Å². The van der Waals surface area contributed by atoms with Gasteiger partial charge in [0.1, 0.15) is 6.04 Å². The third kappa shape index (κ3) is 3.06. The molecule has 1 atom stereocenters. The molecular weight excluding hydrogens is 206 g/mol. The highest BCUT2D eigenvalue weighted by molar-refractivity contribution is 5.97. The van der Waals surface area contributed by atoms with Crippen LogP contribution in [-0.2, 0) is 4.79 Å². The average Bonchev–Trinajstić information content (AvgIpc) is 2.27. The van der Waals surface area contributed by atoms with Crippen LogP contribution in [0.15, 0.2) is 24.3 Å². The molecule has 2 amide bonds. The van der Waals surface area contributed by atoms with Crippen LogP contribution in [0, 0.1) is 6.92 Å². The summed E-state index contributed by atoms with van der Waals surface area (Å²) < 4.78 is 0. The largest absolute Gasteiger partial charge is 0.340 e. The number of rotatable bonds is 3. The van der Waals surface area contributed by atoms with Crippen LogP contribution >= 0.6 is 0 Å². The number of carbonyl (C=O) groups excluding carboxylic acids is 2. The Morgan fingerprint density at radius 3 is 2.62 bits per heavy atom. The van der Waals surface area contributed by atoms with Crippen molar-refractivity contribution in [2.75, 3.05) is 0 Å². The summed E-state index contributed by atoms with van der Waals surface area (Å²) >= 11 is 0. The summed E-state index contributed by atoms with van der Waals surface area (Å²) in [5.74, 6) is 4.24. The summed E-state index contributed by atoms with van der Waals surface area (Å²) in [7, 11) is 0. The van der Waals surface area contributed by atoms with Crippen LogP contribution in [0.25, 0.3) is 0 Å². The average molecular weight is 221 g/mol. The quantitative estimate of drug-likeness (QED) is 0.384. The lowest BCUT2D eigenvalue weighted by molar-refractivity contribution is -0.122. The van der Waals surface area contributed by atoms with Gasteiger partial charge in [0, 0.05) is 5.56 Å². The second-order valence-corrected chi connectivity index (χ2v) is 3.57. The molecule has 0 heterocycles. The van der Waals surface area contributed by atoms with Gasteiger partial charge in [0.2, 0.25) is 0 Å². The fraction of sp³-hybridized carbons (Fsp3) is 0.273. The van der Waals surface area contributed by atoms with Crippen molar-refractivity contribution < 1.29 is 9.59 Å². The summed E-state index contributed by atoms with van der Waals surface area (Å²) in [6.45, 7) is 3.46. The Bertz CT molecular complexity index is 404. The van der Waals surface area contributed by atoms with Crippen molar-refractivity contribution in [1.29, 1.82) is 0 Å². The van der Waals surface area contributed by atoms with Crippen LogP contribution in [0.2, 0.25) is 0 Å². The number of hydrazine groups is 1. The molecule has 16 heavy (non-hydrogen) atoms. The predicted molar refractivity (Wildman–Crippen MR) is 60.4 cm³/mol. The normalized spacial score (nSPS) is 11.7. The van der Waals surface area contributed by atoms with Gasteiger partial charge in [0.05, 0.1) is 0 Å². The third-order valence-electron chi connectivity index (χ3n) is 2.16. The lowest BCUT2D eigenvalue weighted by Crippen LogP contribution is -2.47. The van der Waals surface area contributed by atoms with E-state index in [-0.39, 0.29) is 5.91 Å². The van der Waals surface area contributed by atoms with E-state index in [0.29, 0.717) is 5.56 Å². The Morgan fingerprint density at radius 2 is 2.06 bits per heavy atom. The third-order valence-corrected chi connectivity index (χ3v) is 2.16. The van der Waals surface area contributed by atoms with Crippen LogP contribution < -0.4 is 16.6 Å². The van der Waals surface area contributed by atoms with Crippen molar-refractivity contribution in [3.63, 3.8) is 0 Å². The maximum absolute atomic E-state index is 11.7. The monoisotopic (exact) mass is 221 g/mol. The number of hydrogen-bond acceptors (Lipinski definition) is 3. The minimum atomic E-state index is -0.655. The molecule has 0 radical (unpaired) electrons. The topological polar surface area (TPSA) is 84.2 Å². The Hall–Kier alpha value is -1.88. The van der Waals surface area contributed by atoms with E-state index in [0.717, 1.165) is 5.56 Å². The number of nitrogens with one attached hydrogen (secondary N) is 2. The molecule has 86 valence electrons. The summed E-state index contributed by atoms with van der Waals surface area (Å²) in [6, 6.07) is 6.47. The van der Waals surface area contributed by atoms with E-state index >= 15 is 0 Å². The first-order valence-electron chi connectivity index (χ1n) is 4.92. The minimum Gasteiger partial charge on any atom is -0.340 e. The van der Waals surface area contributed by atoms with Crippen molar-refractivity contribution >= 4 is 11.8 Å². The summed E-state index contributed by atoms with van der Waals surface area (Å²) in [6.07, 6.45) is 0. The number of nitrogens with two attached hydrogens (primary N) is 1. The standard InChI is InChI=1S/C11H15N3O2/c1-7-4-3-5-9(6-7)11(16)13-8(2)10(15)14-12/h3-6,8H,12H2,1-2H3,(H,13,16)(H,14,15)/t8-/m1/s1. The lowest BCUT2D eigenvalue weighted by atomic mass is 10.1. The van der Waals surface area contributed by atoms with Gasteiger partial charge in [-0.3, -0.25) is 15.0 Å². The first-order valence-corrected chi connectivity index (χ1v) is 4.92. The molecule has 0 aliphatic carbocycles. The molecule has 0 saturated heterocycles. The molecule has 0 saturated carbocycles. The van der Waals surface area contributed by atoms with Gasteiger partial charge in [-0.2, -0.15) is 0 Å². The molecule has 0 aromatic heterocycles. The minimum absolute atomic E-state index is 0.292. The fourth-order valence-corrected chi connectivity index (χ4v) is 1.26. The first-order chi connectivity index (χ1) is 7.54. The molecule has 5 nitrogen and oxygen atoms in total. The zero-order valence-electron chi connectivity index (χ0n) is 9.28. The van der Waals surface area contributed by atoms with Crippen molar-refractivity contribution in [3.05, 3.63) is 35.4 Å². The van der Waals surface area contributed by atoms with Crippen LogP contribution in [0.4, 0.5) is 0 Å². The molecule has 1 aromatic rings. The van der Waals surface area contributed by atoms with Gasteiger partial charge >= 0.3 is 0 Å². The highest BCUT2D eigenvalue weighted by atomic mass is 16.2. The van der Waals surface area contributed by atoms with Gasteiger partial charge in [-0.1, -0.05) is 17.7 Å². The molecule has 1 aromatic carbocycles. The molecule has 0 aliphatic rings. The molecule has 0 unspecified atom stereocenters. The molecule has 0 spiro atoms. The molecule has 0 aliphatic heterocycles. The lowest BCUT2D eigenvalue weighted by Gasteiger charge is -2.12. The second-order valence-electron chi connectivity index (χ2n) is 3.57. The van der Waals surface area contributed by atoms with Gasteiger partial charge in [0.15, 0.2) is 0 Å². The summed E-state index contributed by atoms with van der Waals surface area (Å²) in [5, 5.41) is 2.54. The van der Waals surface area contributed by atoms with Crippen LogP contribution in [0.3, 0.4) is 0 Å². The van der Waals surface area contributed by atoms with Crippen molar-refractivity contribution in [3.8, 4) is 0 Å². The first kappa shape index (κ1) is 12.2. The van der Waals surface area contributed by atoms with Gasteiger partial charge in [0.25, 0.3) is 11.8 Å². The summed E-state index contributed by atoms with van der Waals surface area (Å²) in [4.78, 5) is 22.8. The Balaban J connectivity index is 2.69. The van der Waals surface area contributed by atoms with Crippen molar-refractivity contribution in [1.82, 2.24) is 10.7 Å². The second kappa shape index (κ2) is 5.27. The number of benzene rings is 1. The van der Waals surface area contributed by atoms with E-state index in [1.165, 1.54) is 0 Å². The van der Waals surface area contributed by atoms with E-state index in [4.69, 9.17) is 5.84 Å². The van der Waals surface area contributed by atoms with Gasteiger partial charge in [-0.05, 0) is 26.0 Å². The van der Waals surface area contributed by atoms with Crippen molar-refractivity contribution in [2.45, 2.75) is 19.9 Å². The Kier molecular flexibility index (Phi) is 4.02. The number of amides is 2. The smallest absolute Gasteiger partial charge is 0.256 e. The fourth-order valence-electron chi connectivity index (χ4n) is 1.26. The molecule has 0 fully saturated rings. The van der Waals surface area contributed by atoms with E-state index in [1.54, 1.807) is 25.1 Å². The maximum atomic E-state index is 11.7. The highest BCUT2D eigenvalue weighted by Crippen LogP contribution is 2.03. The maximum Gasteiger partial charge on any atom is 0.256 e. The van der Waals surface area contributed by atoms with Crippen LogP contribution in [0.1, 0.15) is 22.8 Å². The molecule has 5 heteroatoms.